The molecule has 0 spiro atoms. The Labute approximate surface area is 119 Å². The SMILES string of the molecule is CNc1cc(NC2CCC(C)CC2C)cc([N+](=O)[O-])c1. The number of hydrogen-bond acceptors (Lipinski definition) is 4. The van der Waals surface area contributed by atoms with Crippen LogP contribution >= 0.6 is 0 Å². The molecule has 1 fully saturated rings. The maximum absolute atomic E-state index is 11.0. The molecule has 0 heterocycles. The van der Waals surface area contributed by atoms with E-state index in [2.05, 4.69) is 24.5 Å². The van der Waals surface area contributed by atoms with E-state index in [4.69, 9.17) is 0 Å². The second kappa shape index (κ2) is 6.11. The van der Waals surface area contributed by atoms with Crippen molar-refractivity contribution in [3.8, 4) is 0 Å². The number of non-ortho nitro benzene ring substituents is 1. The minimum absolute atomic E-state index is 0.121. The van der Waals surface area contributed by atoms with Gasteiger partial charge in [0.15, 0.2) is 0 Å². The van der Waals surface area contributed by atoms with Crippen molar-refractivity contribution in [2.45, 2.75) is 39.2 Å². The summed E-state index contributed by atoms with van der Waals surface area (Å²) < 4.78 is 0. The highest BCUT2D eigenvalue weighted by Crippen LogP contribution is 2.32. The van der Waals surface area contributed by atoms with Gasteiger partial charge in [0.2, 0.25) is 0 Å². The molecule has 0 aliphatic heterocycles. The summed E-state index contributed by atoms with van der Waals surface area (Å²) in [6, 6.07) is 5.50. The molecule has 1 saturated carbocycles. The Balaban J connectivity index is 2.16. The number of nitrogens with zero attached hydrogens (tertiary/aromatic N) is 1. The highest BCUT2D eigenvalue weighted by Gasteiger charge is 2.25. The Morgan fingerprint density at radius 3 is 2.50 bits per heavy atom. The van der Waals surface area contributed by atoms with Crippen LogP contribution in [-0.2, 0) is 0 Å². The molecule has 0 bridgehead atoms. The number of nitro benzene ring substituents is 1. The van der Waals surface area contributed by atoms with E-state index in [-0.39, 0.29) is 10.6 Å². The molecule has 0 radical (unpaired) electrons. The largest absolute Gasteiger partial charge is 0.388 e. The van der Waals surface area contributed by atoms with Crippen LogP contribution in [0.2, 0.25) is 0 Å². The zero-order valence-corrected chi connectivity index (χ0v) is 12.3. The van der Waals surface area contributed by atoms with Crippen molar-refractivity contribution in [3.63, 3.8) is 0 Å². The maximum atomic E-state index is 11.0. The van der Waals surface area contributed by atoms with Gasteiger partial charge in [-0.1, -0.05) is 13.8 Å². The molecule has 0 amide bonds. The third-order valence-corrected chi connectivity index (χ3v) is 4.20. The smallest absolute Gasteiger partial charge is 0.273 e. The molecule has 1 aromatic carbocycles. The van der Waals surface area contributed by atoms with Gasteiger partial charge in [0.05, 0.1) is 4.92 Å². The highest BCUT2D eigenvalue weighted by molar-refractivity contribution is 5.63. The molecule has 5 heteroatoms. The Morgan fingerprint density at radius 1 is 1.20 bits per heavy atom. The van der Waals surface area contributed by atoms with Gasteiger partial charge in [-0.15, -0.1) is 0 Å². The van der Waals surface area contributed by atoms with Crippen LogP contribution in [0.25, 0.3) is 0 Å². The molecular weight excluding hydrogens is 254 g/mol. The molecule has 3 atom stereocenters. The van der Waals surface area contributed by atoms with Gasteiger partial charge in [0.25, 0.3) is 5.69 Å². The van der Waals surface area contributed by atoms with E-state index in [1.54, 1.807) is 19.2 Å². The fraction of sp³-hybridized carbons (Fsp3) is 0.600. The van der Waals surface area contributed by atoms with E-state index in [0.29, 0.717) is 12.0 Å². The Hall–Kier alpha value is -1.78. The average Bonchev–Trinajstić information content (AvgIpc) is 2.41. The van der Waals surface area contributed by atoms with Crippen molar-refractivity contribution >= 4 is 17.1 Å². The van der Waals surface area contributed by atoms with E-state index in [0.717, 1.165) is 23.7 Å². The summed E-state index contributed by atoms with van der Waals surface area (Å²) in [4.78, 5) is 10.6. The van der Waals surface area contributed by atoms with Crippen LogP contribution < -0.4 is 10.6 Å². The fourth-order valence-electron chi connectivity index (χ4n) is 3.04. The van der Waals surface area contributed by atoms with Gasteiger partial charge in [0, 0.05) is 36.6 Å². The molecule has 3 unspecified atom stereocenters. The summed E-state index contributed by atoms with van der Waals surface area (Å²) in [5, 5.41) is 17.4. The van der Waals surface area contributed by atoms with Crippen molar-refractivity contribution in [1.82, 2.24) is 0 Å². The zero-order chi connectivity index (χ0) is 14.7. The molecular formula is C15H23N3O2. The van der Waals surface area contributed by atoms with Crippen LogP contribution in [-0.4, -0.2) is 18.0 Å². The van der Waals surface area contributed by atoms with Gasteiger partial charge < -0.3 is 10.6 Å². The van der Waals surface area contributed by atoms with Crippen molar-refractivity contribution in [1.29, 1.82) is 0 Å². The van der Waals surface area contributed by atoms with Gasteiger partial charge in [-0.05, 0) is 37.2 Å². The Bertz CT molecular complexity index is 490. The Kier molecular flexibility index (Phi) is 4.47. The summed E-state index contributed by atoms with van der Waals surface area (Å²) in [5.74, 6) is 1.37. The van der Waals surface area contributed by atoms with Crippen LogP contribution in [0.4, 0.5) is 17.1 Å². The monoisotopic (exact) mass is 277 g/mol. The first-order chi connectivity index (χ1) is 9.49. The highest BCUT2D eigenvalue weighted by atomic mass is 16.6. The van der Waals surface area contributed by atoms with Gasteiger partial charge in [-0.25, -0.2) is 0 Å². The number of anilines is 2. The number of nitro groups is 1. The Morgan fingerprint density at radius 2 is 1.90 bits per heavy atom. The molecule has 1 aliphatic carbocycles. The fourth-order valence-corrected chi connectivity index (χ4v) is 3.04. The van der Waals surface area contributed by atoms with E-state index in [9.17, 15) is 10.1 Å². The third-order valence-electron chi connectivity index (χ3n) is 4.20. The van der Waals surface area contributed by atoms with Crippen LogP contribution in [0, 0.1) is 22.0 Å². The summed E-state index contributed by atoms with van der Waals surface area (Å²) in [5.41, 5.74) is 1.71. The third kappa shape index (κ3) is 3.40. The van der Waals surface area contributed by atoms with Gasteiger partial charge >= 0.3 is 0 Å². The van der Waals surface area contributed by atoms with Crippen LogP contribution in [0.15, 0.2) is 18.2 Å². The zero-order valence-electron chi connectivity index (χ0n) is 12.3. The van der Waals surface area contributed by atoms with Gasteiger partial charge in [0.1, 0.15) is 0 Å². The van der Waals surface area contributed by atoms with Crippen molar-refractivity contribution in [3.05, 3.63) is 28.3 Å². The van der Waals surface area contributed by atoms with Crippen molar-refractivity contribution in [2.24, 2.45) is 11.8 Å². The predicted octanol–water partition coefficient (Wildman–Crippen LogP) is 3.87. The lowest BCUT2D eigenvalue weighted by Crippen LogP contribution is -2.33. The predicted molar refractivity (Wildman–Crippen MR) is 82.2 cm³/mol. The van der Waals surface area contributed by atoms with Crippen LogP contribution in [0.1, 0.15) is 33.1 Å². The first kappa shape index (κ1) is 14.6. The lowest BCUT2D eigenvalue weighted by molar-refractivity contribution is -0.384. The number of rotatable bonds is 4. The molecule has 0 aromatic heterocycles. The first-order valence-corrected chi connectivity index (χ1v) is 7.23. The number of nitrogens with one attached hydrogen (secondary N) is 2. The van der Waals surface area contributed by atoms with E-state index in [1.807, 2.05) is 6.07 Å². The van der Waals surface area contributed by atoms with Crippen molar-refractivity contribution in [2.75, 3.05) is 17.7 Å². The van der Waals surface area contributed by atoms with E-state index >= 15 is 0 Å². The second-order valence-electron chi connectivity index (χ2n) is 5.92. The lowest BCUT2D eigenvalue weighted by atomic mass is 9.80. The average molecular weight is 277 g/mol. The molecule has 1 aromatic rings. The molecule has 110 valence electrons. The van der Waals surface area contributed by atoms with Gasteiger partial charge in [-0.3, -0.25) is 10.1 Å². The molecule has 2 rings (SSSR count). The normalized spacial score (nSPS) is 26.1. The lowest BCUT2D eigenvalue weighted by Gasteiger charge is -2.33. The van der Waals surface area contributed by atoms with Gasteiger partial charge in [-0.2, -0.15) is 0 Å². The number of benzene rings is 1. The summed E-state index contributed by atoms with van der Waals surface area (Å²) in [7, 11) is 1.77. The standard InChI is InChI=1S/C15H23N3O2/c1-10-4-5-15(11(2)6-10)17-13-7-12(16-3)8-14(9-13)18(19)20/h7-11,15-17H,4-6H2,1-3H3. The molecule has 0 saturated heterocycles. The summed E-state index contributed by atoms with van der Waals surface area (Å²) in [6.45, 7) is 4.54. The summed E-state index contributed by atoms with van der Waals surface area (Å²) in [6.07, 6.45) is 3.56. The van der Waals surface area contributed by atoms with Crippen LogP contribution in [0.5, 0.6) is 0 Å². The van der Waals surface area contributed by atoms with E-state index < -0.39 is 0 Å². The minimum atomic E-state index is -0.349. The van der Waals surface area contributed by atoms with Crippen molar-refractivity contribution < 1.29 is 4.92 Å². The van der Waals surface area contributed by atoms with E-state index in [1.165, 1.54) is 12.8 Å². The topological polar surface area (TPSA) is 67.2 Å². The summed E-state index contributed by atoms with van der Waals surface area (Å²) >= 11 is 0. The molecule has 5 nitrogen and oxygen atoms in total. The molecule has 1 aliphatic rings. The second-order valence-corrected chi connectivity index (χ2v) is 5.92. The first-order valence-electron chi connectivity index (χ1n) is 7.23. The quantitative estimate of drug-likeness (QED) is 0.647. The molecule has 20 heavy (non-hydrogen) atoms. The maximum Gasteiger partial charge on any atom is 0.273 e. The molecule has 2 N–H and O–H groups in total. The number of hydrogen-bond donors (Lipinski definition) is 2. The minimum Gasteiger partial charge on any atom is -0.388 e. The van der Waals surface area contributed by atoms with Crippen LogP contribution in [0.3, 0.4) is 0 Å².